The zero-order valence-corrected chi connectivity index (χ0v) is 11.0. The molecule has 1 aromatic heterocycles. The largest absolute Gasteiger partial charge is 0.463 e. The molecule has 0 saturated carbocycles. The summed E-state index contributed by atoms with van der Waals surface area (Å²) < 4.78 is 10.4. The second-order valence-corrected chi connectivity index (χ2v) is 3.66. The number of aromatic nitrogens is 3. The average Bonchev–Trinajstić information content (AvgIpc) is 2.35. The Morgan fingerprint density at radius 2 is 2.06 bits per heavy atom. The third-order valence-electron chi connectivity index (χ3n) is 1.79. The highest BCUT2D eigenvalue weighted by molar-refractivity contribution is 6.28. The molecule has 1 heterocycles. The van der Waals surface area contributed by atoms with Crippen LogP contribution in [0.15, 0.2) is 0 Å². The van der Waals surface area contributed by atoms with Crippen molar-refractivity contribution >= 4 is 17.5 Å². The highest BCUT2D eigenvalue weighted by Crippen LogP contribution is 2.11. The van der Waals surface area contributed by atoms with Crippen molar-refractivity contribution in [3.63, 3.8) is 0 Å². The summed E-state index contributed by atoms with van der Waals surface area (Å²) in [6.07, 6.45) is 0.862. The van der Waals surface area contributed by atoms with Crippen molar-refractivity contribution in [1.29, 1.82) is 0 Å². The molecule has 0 saturated heterocycles. The van der Waals surface area contributed by atoms with Crippen molar-refractivity contribution in [2.24, 2.45) is 0 Å². The van der Waals surface area contributed by atoms with Gasteiger partial charge in [0.1, 0.15) is 0 Å². The molecular formula is C10H17ClN4O3. The molecule has 0 bridgehead atoms. The number of aliphatic hydroxyl groups is 1. The van der Waals surface area contributed by atoms with Crippen LogP contribution >= 0.6 is 11.6 Å². The molecule has 0 radical (unpaired) electrons. The summed E-state index contributed by atoms with van der Waals surface area (Å²) in [5, 5.41) is 11.5. The molecule has 8 heteroatoms. The van der Waals surface area contributed by atoms with Gasteiger partial charge in [0.2, 0.25) is 11.2 Å². The van der Waals surface area contributed by atoms with Gasteiger partial charge < -0.3 is 19.9 Å². The molecule has 0 aromatic carbocycles. The van der Waals surface area contributed by atoms with E-state index in [0.717, 1.165) is 6.42 Å². The van der Waals surface area contributed by atoms with E-state index in [-0.39, 0.29) is 17.9 Å². The fourth-order valence-corrected chi connectivity index (χ4v) is 1.22. The lowest BCUT2D eigenvalue weighted by molar-refractivity contribution is 0.0991. The predicted octanol–water partition coefficient (Wildman–Crippen LogP) is 0.735. The first-order valence-corrected chi connectivity index (χ1v) is 6.11. The molecule has 0 amide bonds. The van der Waals surface area contributed by atoms with E-state index in [4.69, 9.17) is 26.2 Å². The fourth-order valence-electron chi connectivity index (χ4n) is 1.07. The fraction of sp³-hybridized carbons (Fsp3) is 0.700. The number of ether oxygens (including phenoxy) is 2. The molecule has 0 unspecified atom stereocenters. The lowest BCUT2D eigenvalue weighted by atomic mass is 10.5. The Bertz CT molecular complexity index is 354. The third-order valence-corrected chi connectivity index (χ3v) is 1.96. The molecule has 0 atom stereocenters. The molecule has 0 aliphatic rings. The van der Waals surface area contributed by atoms with Gasteiger partial charge in [-0.3, -0.25) is 0 Å². The number of anilines is 1. The van der Waals surface area contributed by atoms with E-state index in [0.29, 0.717) is 32.3 Å². The van der Waals surface area contributed by atoms with E-state index >= 15 is 0 Å². The molecule has 102 valence electrons. The number of aliphatic hydroxyl groups excluding tert-OH is 1. The van der Waals surface area contributed by atoms with Gasteiger partial charge in [-0.2, -0.15) is 15.0 Å². The summed E-state index contributed by atoms with van der Waals surface area (Å²) in [5.41, 5.74) is 0. The molecule has 1 rings (SSSR count). The number of halogens is 1. The van der Waals surface area contributed by atoms with Gasteiger partial charge in [0.15, 0.2) is 0 Å². The lowest BCUT2D eigenvalue weighted by Gasteiger charge is -2.07. The summed E-state index contributed by atoms with van der Waals surface area (Å²) in [6, 6.07) is 0.204. The topological polar surface area (TPSA) is 89.4 Å². The molecule has 0 aliphatic carbocycles. The zero-order chi connectivity index (χ0) is 13.2. The Balaban J connectivity index is 2.41. The van der Waals surface area contributed by atoms with Gasteiger partial charge in [-0.15, -0.1) is 0 Å². The number of nitrogens with zero attached hydrogens (tertiary/aromatic N) is 3. The first-order chi connectivity index (χ1) is 8.76. The minimum absolute atomic E-state index is 0.00654. The van der Waals surface area contributed by atoms with E-state index in [1.54, 1.807) is 0 Å². The smallest absolute Gasteiger partial charge is 0.322 e. The van der Waals surface area contributed by atoms with E-state index in [1.807, 2.05) is 6.92 Å². The molecule has 2 N–H and O–H groups in total. The minimum Gasteiger partial charge on any atom is -0.463 e. The molecule has 0 fully saturated rings. The van der Waals surface area contributed by atoms with Crippen LogP contribution in [0.5, 0.6) is 6.01 Å². The van der Waals surface area contributed by atoms with Crippen molar-refractivity contribution in [3.05, 3.63) is 5.28 Å². The SMILES string of the molecule is CCCOc1nc(Cl)nc(NCCOCCO)n1. The van der Waals surface area contributed by atoms with E-state index in [1.165, 1.54) is 0 Å². The predicted molar refractivity (Wildman–Crippen MR) is 67.0 cm³/mol. The average molecular weight is 277 g/mol. The van der Waals surface area contributed by atoms with Crippen molar-refractivity contribution in [2.75, 3.05) is 38.3 Å². The summed E-state index contributed by atoms with van der Waals surface area (Å²) in [6.45, 7) is 3.78. The molecule has 0 spiro atoms. The Morgan fingerprint density at radius 3 is 2.78 bits per heavy atom. The standard InChI is InChI=1S/C10H17ClN4O3/c1-2-5-18-10-14-8(11)13-9(15-10)12-3-6-17-7-4-16/h16H,2-7H2,1H3,(H,12,13,14,15). The first kappa shape index (κ1) is 14.9. The number of nitrogens with one attached hydrogen (secondary N) is 1. The van der Waals surface area contributed by atoms with Crippen LogP contribution in [0, 0.1) is 0 Å². The van der Waals surface area contributed by atoms with Crippen LogP contribution in [-0.4, -0.2) is 53.0 Å². The van der Waals surface area contributed by atoms with Gasteiger partial charge in [0.05, 0.1) is 26.4 Å². The van der Waals surface area contributed by atoms with Crippen molar-refractivity contribution in [3.8, 4) is 6.01 Å². The number of hydrogen-bond donors (Lipinski definition) is 2. The lowest BCUT2D eigenvalue weighted by Crippen LogP contribution is -2.14. The Hall–Kier alpha value is -1.18. The van der Waals surface area contributed by atoms with Crippen LogP contribution in [0.3, 0.4) is 0 Å². The van der Waals surface area contributed by atoms with Gasteiger partial charge in [-0.1, -0.05) is 6.92 Å². The Labute approximate surface area is 111 Å². The summed E-state index contributed by atoms with van der Waals surface area (Å²) in [7, 11) is 0. The number of rotatable bonds is 9. The van der Waals surface area contributed by atoms with Crippen LogP contribution in [-0.2, 0) is 4.74 Å². The maximum atomic E-state index is 8.53. The maximum absolute atomic E-state index is 8.53. The van der Waals surface area contributed by atoms with Crippen LogP contribution in [0.25, 0.3) is 0 Å². The van der Waals surface area contributed by atoms with Crippen molar-refractivity contribution < 1.29 is 14.6 Å². The molecule has 7 nitrogen and oxygen atoms in total. The van der Waals surface area contributed by atoms with Gasteiger partial charge in [0.25, 0.3) is 0 Å². The van der Waals surface area contributed by atoms with Crippen molar-refractivity contribution in [1.82, 2.24) is 15.0 Å². The highest BCUT2D eigenvalue weighted by atomic mass is 35.5. The van der Waals surface area contributed by atoms with Crippen molar-refractivity contribution in [2.45, 2.75) is 13.3 Å². The third kappa shape index (κ3) is 5.95. The quantitative estimate of drug-likeness (QED) is 0.643. The van der Waals surface area contributed by atoms with Crippen LogP contribution in [0.4, 0.5) is 5.95 Å². The van der Waals surface area contributed by atoms with Gasteiger partial charge in [0, 0.05) is 6.54 Å². The summed E-state index contributed by atoms with van der Waals surface area (Å²) in [5.74, 6) is 0.341. The summed E-state index contributed by atoms with van der Waals surface area (Å²) >= 11 is 5.74. The van der Waals surface area contributed by atoms with E-state index < -0.39 is 0 Å². The minimum atomic E-state index is 0.00654. The van der Waals surface area contributed by atoms with Gasteiger partial charge >= 0.3 is 6.01 Å². The van der Waals surface area contributed by atoms with E-state index in [2.05, 4.69) is 20.3 Å². The maximum Gasteiger partial charge on any atom is 0.322 e. The molecule has 0 aliphatic heterocycles. The Kier molecular flexibility index (Phi) is 7.31. The Morgan fingerprint density at radius 1 is 1.22 bits per heavy atom. The zero-order valence-electron chi connectivity index (χ0n) is 10.2. The summed E-state index contributed by atoms with van der Waals surface area (Å²) in [4.78, 5) is 11.8. The molecule has 18 heavy (non-hydrogen) atoms. The molecular weight excluding hydrogens is 260 g/mol. The van der Waals surface area contributed by atoms with Gasteiger partial charge in [-0.25, -0.2) is 0 Å². The highest BCUT2D eigenvalue weighted by Gasteiger charge is 2.05. The second kappa shape index (κ2) is 8.84. The normalized spacial score (nSPS) is 10.4. The van der Waals surface area contributed by atoms with Crippen LogP contribution in [0.2, 0.25) is 5.28 Å². The number of hydrogen-bond acceptors (Lipinski definition) is 7. The van der Waals surface area contributed by atoms with Crippen LogP contribution in [0.1, 0.15) is 13.3 Å². The second-order valence-electron chi connectivity index (χ2n) is 3.32. The first-order valence-electron chi connectivity index (χ1n) is 5.73. The van der Waals surface area contributed by atoms with E-state index in [9.17, 15) is 0 Å². The molecule has 1 aromatic rings. The van der Waals surface area contributed by atoms with Gasteiger partial charge in [-0.05, 0) is 18.0 Å². The van der Waals surface area contributed by atoms with Crippen LogP contribution < -0.4 is 10.1 Å². The monoisotopic (exact) mass is 276 g/mol.